The summed E-state index contributed by atoms with van der Waals surface area (Å²) in [7, 11) is 0. The molecule has 0 aliphatic heterocycles. The number of carboxylic acid groups (broad SMARTS) is 1. The maximum atomic E-state index is 11.1. The van der Waals surface area contributed by atoms with Gasteiger partial charge in [-0.25, -0.2) is 0 Å². The molecule has 1 N–H and O–H groups in total. The molecule has 0 radical (unpaired) electrons. The molecular formula is C17H16Cl2LiNO2. The molecule has 0 atom stereocenters. The molecule has 0 aromatic heterocycles. The van der Waals surface area contributed by atoms with Gasteiger partial charge in [0.15, 0.2) is 0 Å². The molecule has 0 fully saturated rings. The van der Waals surface area contributed by atoms with Crippen LogP contribution in [0.3, 0.4) is 0 Å². The first-order valence-corrected chi connectivity index (χ1v) is 7.42. The SMILES string of the molecule is C=CCN(c1ccccc1CC(=O)O)c1c(Cl)cccc1Cl.[H-].[Li+]. The molecule has 2 aromatic carbocycles. The number of halogens is 2. The van der Waals surface area contributed by atoms with Gasteiger partial charge in [-0.05, 0) is 23.8 Å². The van der Waals surface area contributed by atoms with E-state index in [-0.39, 0.29) is 26.7 Å². The maximum absolute atomic E-state index is 11.1. The molecule has 0 saturated carbocycles. The molecule has 0 spiro atoms. The second-order valence-electron chi connectivity index (χ2n) is 4.67. The molecule has 0 saturated heterocycles. The standard InChI is InChI=1S/C17H15Cl2NO2.Li.H/c1-2-10-20(17-13(18)7-5-8-14(17)19)15-9-4-3-6-12(15)11-16(21)22;;/h2-9H,1,10-11H2,(H,21,22);;/q;+1;-1. The quantitative estimate of drug-likeness (QED) is 0.644. The molecule has 0 bridgehead atoms. The fourth-order valence-corrected chi connectivity index (χ4v) is 2.87. The Labute approximate surface area is 159 Å². The van der Waals surface area contributed by atoms with Crippen molar-refractivity contribution >= 4 is 40.5 Å². The first kappa shape index (κ1) is 19.7. The number of nitrogens with zero attached hydrogens (tertiary/aromatic N) is 1. The molecule has 0 aliphatic rings. The van der Waals surface area contributed by atoms with Gasteiger partial charge in [-0.2, -0.15) is 0 Å². The number of rotatable bonds is 6. The molecule has 0 amide bonds. The average Bonchev–Trinajstić information content (AvgIpc) is 2.46. The van der Waals surface area contributed by atoms with Gasteiger partial charge >= 0.3 is 24.8 Å². The Bertz CT molecular complexity index is 692. The van der Waals surface area contributed by atoms with Crippen molar-refractivity contribution in [1.29, 1.82) is 0 Å². The van der Waals surface area contributed by atoms with Gasteiger partial charge in [0.05, 0.1) is 22.2 Å². The second kappa shape index (κ2) is 9.05. The van der Waals surface area contributed by atoms with Crippen molar-refractivity contribution in [3.63, 3.8) is 0 Å². The zero-order valence-corrected chi connectivity index (χ0v) is 14.3. The zero-order valence-electron chi connectivity index (χ0n) is 13.8. The molecule has 2 aromatic rings. The molecular weight excluding hydrogens is 328 g/mol. The molecule has 6 heteroatoms. The Balaban J connectivity index is 0.00000264. The van der Waals surface area contributed by atoms with Crippen molar-refractivity contribution in [2.45, 2.75) is 6.42 Å². The van der Waals surface area contributed by atoms with Crippen molar-refractivity contribution in [3.05, 3.63) is 70.7 Å². The number of hydrogen-bond donors (Lipinski definition) is 1. The molecule has 0 aliphatic carbocycles. The molecule has 0 unspecified atom stereocenters. The van der Waals surface area contributed by atoms with Crippen LogP contribution in [0.15, 0.2) is 55.1 Å². The first-order chi connectivity index (χ1) is 10.5. The number of carboxylic acids is 1. The number of carbonyl (C=O) groups is 1. The van der Waals surface area contributed by atoms with Crippen LogP contribution in [0.1, 0.15) is 6.99 Å². The third-order valence-corrected chi connectivity index (χ3v) is 3.75. The Morgan fingerprint density at radius 2 is 1.78 bits per heavy atom. The molecule has 2 rings (SSSR count). The van der Waals surface area contributed by atoms with Gasteiger partial charge in [-0.1, -0.05) is 53.5 Å². The van der Waals surface area contributed by atoms with Crippen LogP contribution in [0, 0.1) is 0 Å². The van der Waals surface area contributed by atoms with E-state index < -0.39 is 5.97 Å². The van der Waals surface area contributed by atoms with Crippen LogP contribution in [0.5, 0.6) is 0 Å². The first-order valence-electron chi connectivity index (χ1n) is 6.66. The van der Waals surface area contributed by atoms with Gasteiger partial charge < -0.3 is 11.4 Å². The summed E-state index contributed by atoms with van der Waals surface area (Å²) < 4.78 is 0. The van der Waals surface area contributed by atoms with Crippen LogP contribution in [-0.4, -0.2) is 17.6 Å². The van der Waals surface area contributed by atoms with E-state index in [2.05, 4.69) is 6.58 Å². The van der Waals surface area contributed by atoms with E-state index in [0.717, 1.165) is 5.69 Å². The maximum Gasteiger partial charge on any atom is 1.00 e. The van der Waals surface area contributed by atoms with Gasteiger partial charge in [-0.15, -0.1) is 6.58 Å². The van der Waals surface area contributed by atoms with Crippen molar-refractivity contribution in [2.75, 3.05) is 11.4 Å². The Hall–Kier alpha value is -1.37. The summed E-state index contributed by atoms with van der Waals surface area (Å²) in [5.41, 5.74) is 2.08. The fourth-order valence-electron chi connectivity index (χ4n) is 2.27. The Morgan fingerprint density at radius 3 is 2.35 bits per heavy atom. The van der Waals surface area contributed by atoms with E-state index in [1.54, 1.807) is 30.3 Å². The third-order valence-electron chi connectivity index (χ3n) is 3.14. The van der Waals surface area contributed by atoms with Gasteiger partial charge in [0, 0.05) is 12.2 Å². The predicted molar refractivity (Wildman–Crippen MR) is 92.6 cm³/mol. The van der Waals surface area contributed by atoms with E-state index in [1.165, 1.54) is 0 Å². The van der Waals surface area contributed by atoms with Crippen LogP contribution in [-0.2, 0) is 11.2 Å². The van der Waals surface area contributed by atoms with Crippen molar-refractivity contribution < 1.29 is 30.2 Å². The summed E-state index contributed by atoms with van der Waals surface area (Å²) in [6.07, 6.45) is 1.64. The van der Waals surface area contributed by atoms with Crippen LogP contribution in [0.2, 0.25) is 10.0 Å². The van der Waals surface area contributed by atoms with Crippen LogP contribution >= 0.6 is 23.2 Å². The monoisotopic (exact) mass is 343 g/mol. The van der Waals surface area contributed by atoms with Crippen molar-refractivity contribution in [1.82, 2.24) is 0 Å². The Kier molecular flexibility index (Phi) is 7.74. The predicted octanol–water partition coefficient (Wildman–Crippen LogP) is 2.06. The van der Waals surface area contributed by atoms with Gasteiger partial charge in [0.2, 0.25) is 0 Å². The molecule has 3 nitrogen and oxygen atoms in total. The summed E-state index contributed by atoms with van der Waals surface area (Å²) in [6.45, 7) is 4.22. The summed E-state index contributed by atoms with van der Waals surface area (Å²) in [5, 5.41) is 10.1. The van der Waals surface area contributed by atoms with Crippen molar-refractivity contribution in [3.8, 4) is 0 Å². The topological polar surface area (TPSA) is 40.5 Å². The third kappa shape index (κ3) is 4.80. The molecule has 23 heavy (non-hydrogen) atoms. The average molecular weight is 344 g/mol. The van der Waals surface area contributed by atoms with E-state index in [0.29, 0.717) is 27.8 Å². The second-order valence-corrected chi connectivity index (χ2v) is 5.48. The number of benzene rings is 2. The summed E-state index contributed by atoms with van der Waals surface area (Å²) >= 11 is 12.6. The largest absolute Gasteiger partial charge is 1.00 e. The minimum atomic E-state index is -0.892. The van der Waals surface area contributed by atoms with Gasteiger partial charge in [0.25, 0.3) is 0 Å². The summed E-state index contributed by atoms with van der Waals surface area (Å²) in [4.78, 5) is 13.0. The number of aliphatic carboxylic acids is 1. The molecule has 0 heterocycles. The summed E-state index contributed by atoms with van der Waals surface area (Å²) in [6, 6.07) is 12.6. The van der Waals surface area contributed by atoms with E-state index in [9.17, 15) is 4.79 Å². The van der Waals surface area contributed by atoms with E-state index in [4.69, 9.17) is 28.3 Å². The smallest absolute Gasteiger partial charge is 1.00 e. The van der Waals surface area contributed by atoms with Crippen LogP contribution < -0.4 is 23.8 Å². The van der Waals surface area contributed by atoms with Crippen LogP contribution in [0.4, 0.5) is 11.4 Å². The summed E-state index contributed by atoms with van der Waals surface area (Å²) in [5.74, 6) is -0.892. The van der Waals surface area contributed by atoms with E-state index in [1.807, 2.05) is 23.1 Å². The number of hydrogen-bond acceptors (Lipinski definition) is 2. The Morgan fingerprint density at radius 1 is 1.17 bits per heavy atom. The normalized spacial score (nSPS) is 9.83. The van der Waals surface area contributed by atoms with Gasteiger partial charge in [0.1, 0.15) is 0 Å². The van der Waals surface area contributed by atoms with E-state index >= 15 is 0 Å². The van der Waals surface area contributed by atoms with Gasteiger partial charge in [-0.3, -0.25) is 4.79 Å². The zero-order chi connectivity index (χ0) is 16.1. The fraction of sp³-hybridized carbons (Fsp3) is 0.118. The minimum absolute atomic E-state index is 0. The number of para-hydroxylation sites is 2. The molecule has 116 valence electrons. The minimum Gasteiger partial charge on any atom is -1.00 e. The van der Waals surface area contributed by atoms with Crippen LogP contribution in [0.25, 0.3) is 0 Å². The van der Waals surface area contributed by atoms with Crippen molar-refractivity contribution in [2.24, 2.45) is 0 Å². The number of anilines is 2.